The highest BCUT2D eigenvalue weighted by Crippen LogP contribution is 2.22. The molecule has 3 rings (SSSR count). The van der Waals surface area contributed by atoms with Crippen molar-refractivity contribution in [1.82, 2.24) is 4.40 Å². The number of hydrogen-bond acceptors (Lipinski definition) is 3. The predicted octanol–water partition coefficient (Wildman–Crippen LogP) is 1.52. The molecule has 1 fully saturated rings. The number of aldehydes is 1. The van der Waals surface area contributed by atoms with E-state index in [4.69, 9.17) is 9.31 Å². The van der Waals surface area contributed by atoms with Crippen LogP contribution in [-0.2, 0) is 9.31 Å². The van der Waals surface area contributed by atoms with Crippen LogP contribution in [-0.4, -0.2) is 31.0 Å². The van der Waals surface area contributed by atoms with Gasteiger partial charge in [-0.3, -0.25) is 4.79 Å². The van der Waals surface area contributed by atoms with Crippen LogP contribution in [0.4, 0.5) is 0 Å². The van der Waals surface area contributed by atoms with Gasteiger partial charge in [-0.05, 0) is 18.2 Å². The molecule has 1 aliphatic rings. The van der Waals surface area contributed by atoms with Gasteiger partial charge in [-0.1, -0.05) is 19.9 Å². The Hall–Kier alpha value is -1.59. The van der Waals surface area contributed by atoms with Crippen LogP contribution in [0, 0.1) is 5.41 Å². The van der Waals surface area contributed by atoms with Crippen molar-refractivity contribution in [3.63, 3.8) is 0 Å². The Morgan fingerprint density at radius 1 is 1.26 bits per heavy atom. The minimum Gasteiger partial charge on any atom is -0.407 e. The van der Waals surface area contributed by atoms with Gasteiger partial charge in [0.25, 0.3) is 0 Å². The maximum Gasteiger partial charge on any atom is 0.496 e. The quantitative estimate of drug-likeness (QED) is 0.605. The van der Waals surface area contributed by atoms with E-state index in [1.54, 1.807) is 6.07 Å². The Labute approximate surface area is 112 Å². The molecule has 0 aliphatic carbocycles. The van der Waals surface area contributed by atoms with Crippen LogP contribution in [0.2, 0.25) is 0 Å². The highest BCUT2D eigenvalue weighted by atomic mass is 16.6. The molecule has 1 aliphatic heterocycles. The number of hydrogen-bond donors (Lipinski definition) is 0. The summed E-state index contributed by atoms with van der Waals surface area (Å²) in [6.45, 7) is 5.57. The average molecular weight is 257 g/mol. The summed E-state index contributed by atoms with van der Waals surface area (Å²) >= 11 is 0. The fraction of sp³-hybridized carbons (Fsp3) is 0.357. The summed E-state index contributed by atoms with van der Waals surface area (Å²) in [4.78, 5) is 11.0. The molecule has 0 unspecified atom stereocenters. The Balaban J connectivity index is 1.97. The molecule has 2 aromatic rings. The zero-order chi connectivity index (χ0) is 13.5. The number of carbonyl (C=O) groups is 1. The van der Waals surface area contributed by atoms with Crippen molar-refractivity contribution < 1.29 is 14.1 Å². The Morgan fingerprint density at radius 2 is 2.00 bits per heavy atom. The Morgan fingerprint density at radius 3 is 2.68 bits per heavy atom. The van der Waals surface area contributed by atoms with Crippen LogP contribution < -0.4 is 5.46 Å². The molecule has 0 N–H and O–H groups in total. The number of rotatable bonds is 2. The molecule has 3 heterocycles. The van der Waals surface area contributed by atoms with Gasteiger partial charge in [0, 0.05) is 35.8 Å². The zero-order valence-electron chi connectivity index (χ0n) is 11.1. The second-order valence-electron chi connectivity index (χ2n) is 5.71. The number of pyridine rings is 1. The lowest BCUT2D eigenvalue weighted by molar-refractivity contribution is 0.0344. The minimum absolute atomic E-state index is 0.0531. The monoisotopic (exact) mass is 257 g/mol. The standard InChI is InChI=1S/C14H16BNO3/c1-14(2)9-18-15(19-10-14)12-4-3-7-16-11(8-17)5-6-13(12)16/h3-8H,9-10H2,1-2H3. The Kier molecular flexibility index (Phi) is 2.95. The third-order valence-electron chi connectivity index (χ3n) is 3.38. The van der Waals surface area contributed by atoms with E-state index in [2.05, 4.69) is 13.8 Å². The Bertz CT molecular complexity index is 610. The van der Waals surface area contributed by atoms with E-state index >= 15 is 0 Å². The summed E-state index contributed by atoms with van der Waals surface area (Å²) in [5.74, 6) is 0. The summed E-state index contributed by atoms with van der Waals surface area (Å²) in [5, 5.41) is 0. The lowest BCUT2D eigenvalue weighted by Gasteiger charge is -2.33. The van der Waals surface area contributed by atoms with Gasteiger partial charge >= 0.3 is 7.12 Å². The highest BCUT2D eigenvalue weighted by molar-refractivity contribution is 6.63. The first-order chi connectivity index (χ1) is 9.11. The van der Waals surface area contributed by atoms with Crippen LogP contribution in [0.5, 0.6) is 0 Å². The van der Waals surface area contributed by atoms with Crippen molar-refractivity contribution in [2.75, 3.05) is 13.2 Å². The second kappa shape index (κ2) is 4.51. The van der Waals surface area contributed by atoms with Crippen molar-refractivity contribution in [3.05, 3.63) is 36.2 Å². The zero-order valence-corrected chi connectivity index (χ0v) is 11.1. The maximum absolute atomic E-state index is 11.0. The summed E-state index contributed by atoms with van der Waals surface area (Å²) < 4.78 is 13.5. The number of fused-ring (bicyclic) bond motifs is 1. The SMILES string of the molecule is CC1(C)COB(c2cccn3c(C=O)ccc23)OC1. The van der Waals surface area contributed by atoms with Gasteiger partial charge in [0.05, 0.1) is 5.69 Å². The van der Waals surface area contributed by atoms with E-state index in [-0.39, 0.29) is 12.5 Å². The first-order valence-corrected chi connectivity index (χ1v) is 6.39. The van der Waals surface area contributed by atoms with Crippen molar-refractivity contribution in [2.24, 2.45) is 5.41 Å². The van der Waals surface area contributed by atoms with Crippen LogP contribution in [0.15, 0.2) is 30.5 Å². The fourth-order valence-electron chi connectivity index (χ4n) is 2.35. The van der Waals surface area contributed by atoms with Crippen molar-refractivity contribution in [2.45, 2.75) is 13.8 Å². The second-order valence-corrected chi connectivity index (χ2v) is 5.71. The van der Waals surface area contributed by atoms with Gasteiger partial charge in [-0.25, -0.2) is 0 Å². The normalized spacial score (nSPS) is 18.7. The van der Waals surface area contributed by atoms with Crippen molar-refractivity contribution >= 4 is 24.4 Å². The molecule has 5 heteroatoms. The van der Waals surface area contributed by atoms with Gasteiger partial charge in [-0.15, -0.1) is 0 Å². The van der Waals surface area contributed by atoms with E-state index < -0.39 is 0 Å². The largest absolute Gasteiger partial charge is 0.496 e. The fourth-order valence-corrected chi connectivity index (χ4v) is 2.35. The van der Waals surface area contributed by atoms with E-state index in [1.807, 2.05) is 28.8 Å². The van der Waals surface area contributed by atoms with Gasteiger partial charge < -0.3 is 13.7 Å². The topological polar surface area (TPSA) is 39.9 Å². The lowest BCUT2D eigenvalue weighted by Crippen LogP contribution is -2.47. The summed E-state index contributed by atoms with van der Waals surface area (Å²) in [5.41, 5.74) is 2.60. The van der Waals surface area contributed by atoms with Crippen molar-refractivity contribution in [3.8, 4) is 0 Å². The average Bonchev–Trinajstić information content (AvgIpc) is 2.82. The highest BCUT2D eigenvalue weighted by Gasteiger charge is 2.34. The summed E-state index contributed by atoms with van der Waals surface area (Å²) in [6, 6.07) is 7.61. The van der Waals surface area contributed by atoms with E-state index in [9.17, 15) is 4.79 Å². The molecule has 2 aromatic heterocycles. The molecule has 0 bridgehead atoms. The maximum atomic E-state index is 11.0. The summed E-state index contributed by atoms with van der Waals surface area (Å²) in [7, 11) is -0.355. The van der Waals surface area contributed by atoms with Gasteiger partial charge in [-0.2, -0.15) is 0 Å². The van der Waals surface area contributed by atoms with Gasteiger partial charge in [0.2, 0.25) is 0 Å². The summed E-state index contributed by atoms with van der Waals surface area (Å²) in [6.07, 6.45) is 2.72. The van der Waals surface area contributed by atoms with Gasteiger partial charge in [0.15, 0.2) is 6.29 Å². The number of aromatic nitrogens is 1. The van der Waals surface area contributed by atoms with E-state index in [0.717, 1.165) is 17.3 Å². The molecular weight excluding hydrogens is 241 g/mol. The molecule has 19 heavy (non-hydrogen) atoms. The molecule has 0 saturated carbocycles. The molecule has 0 amide bonds. The van der Waals surface area contributed by atoms with Crippen LogP contribution in [0.3, 0.4) is 0 Å². The molecule has 0 spiro atoms. The smallest absolute Gasteiger partial charge is 0.407 e. The van der Waals surface area contributed by atoms with Crippen molar-refractivity contribution in [1.29, 1.82) is 0 Å². The molecular formula is C14H16BNO3. The number of carbonyl (C=O) groups excluding carboxylic acids is 1. The number of nitrogens with zero attached hydrogens (tertiary/aromatic N) is 1. The molecule has 0 atom stereocenters. The molecule has 1 saturated heterocycles. The molecule has 0 radical (unpaired) electrons. The van der Waals surface area contributed by atoms with Crippen LogP contribution in [0.25, 0.3) is 5.52 Å². The third kappa shape index (κ3) is 2.20. The first kappa shape index (κ1) is 12.4. The van der Waals surface area contributed by atoms with Gasteiger partial charge in [0.1, 0.15) is 0 Å². The van der Waals surface area contributed by atoms with Crippen LogP contribution >= 0.6 is 0 Å². The minimum atomic E-state index is -0.355. The van der Waals surface area contributed by atoms with Crippen LogP contribution in [0.1, 0.15) is 24.3 Å². The molecule has 0 aromatic carbocycles. The molecule has 98 valence electrons. The third-order valence-corrected chi connectivity index (χ3v) is 3.38. The molecule has 4 nitrogen and oxygen atoms in total. The lowest BCUT2D eigenvalue weighted by atomic mass is 9.75. The van der Waals surface area contributed by atoms with E-state index in [0.29, 0.717) is 18.9 Å². The predicted molar refractivity (Wildman–Crippen MR) is 73.9 cm³/mol. The first-order valence-electron chi connectivity index (χ1n) is 6.39. The van der Waals surface area contributed by atoms with E-state index in [1.165, 1.54) is 0 Å².